The van der Waals surface area contributed by atoms with Gasteiger partial charge in [0.2, 0.25) is 0 Å². The minimum absolute atomic E-state index is 0.116. The zero-order valence-electron chi connectivity index (χ0n) is 5.29. The van der Waals surface area contributed by atoms with Gasteiger partial charge in [0, 0.05) is 0 Å². The second-order valence-corrected chi connectivity index (χ2v) is 1.76. The van der Waals surface area contributed by atoms with Gasteiger partial charge in [-0.2, -0.15) is 4.98 Å². The highest BCUT2D eigenvalue weighted by Crippen LogP contribution is 2.09. The number of carbonyl (C=O) groups is 1. The summed E-state index contributed by atoms with van der Waals surface area (Å²) in [6.07, 6.45) is 0. The van der Waals surface area contributed by atoms with Crippen LogP contribution < -0.4 is 5.73 Å². The van der Waals surface area contributed by atoms with Crippen LogP contribution in [-0.4, -0.2) is 16.1 Å². The number of oxazole rings is 1. The average Bonchev–Trinajstić information content (AvgIpc) is 2.10. The number of anilines is 1. The Morgan fingerprint density at radius 2 is 2.40 bits per heavy atom. The lowest BCUT2D eigenvalue weighted by Gasteiger charge is -1.82. The zero-order valence-corrected chi connectivity index (χ0v) is 5.29. The third-order valence-electron chi connectivity index (χ3n) is 1.02. The van der Waals surface area contributed by atoms with Crippen LogP contribution in [0.1, 0.15) is 16.2 Å². The van der Waals surface area contributed by atoms with E-state index in [9.17, 15) is 4.79 Å². The Balaban J connectivity index is 3.15. The Morgan fingerprint density at radius 1 is 1.80 bits per heavy atom. The van der Waals surface area contributed by atoms with Gasteiger partial charge in [-0.1, -0.05) is 0 Å². The van der Waals surface area contributed by atoms with Crippen LogP contribution in [0.15, 0.2) is 4.42 Å². The van der Waals surface area contributed by atoms with Crippen molar-refractivity contribution in [2.75, 3.05) is 5.73 Å². The van der Waals surface area contributed by atoms with Gasteiger partial charge < -0.3 is 15.3 Å². The maximum atomic E-state index is 10.3. The minimum Gasteiger partial charge on any atom is -0.476 e. The Labute approximate surface area is 56.5 Å². The van der Waals surface area contributed by atoms with Crippen LogP contribution >= 0.6 is 0 Å². The van der Waals surface area contributed by atoms with Gasteiger partial charge in [-0.15, -0.1) is 0 Å². The van der Waals surface area contributed by atoms with Crippen LogP contribution in [0.4, 0.5) is 6.01 Å². The van der Waals surface area contributed by atoms with E-state index in [4.69, 9.17) is 10.8 Å². The van der Waals surface area contributed by atoms with E-state index in [1.807, 2.05) is 0 Å². The normalized spacial score (nSPS) is 9.70. The highest BCUT2D eigenvalue weighted by Gasteiger charge is 2.13. The van der Waals surface area contributed by atoms with Crippen molar-refractivity contribution in [3.05, 3.63) is 11.5 Å². The molecule has 0 unspecified atom stereocenters. The van der Waals surface area contributed by atoms with Gasteiger partial charge in [-0.05, 0) is 6.92 Å². The van der Waals surface area contributed by atoms with Crippen molar-refractivity contribution < 1.29 is 14.3 Å². The van der Waals surface area contributed by atoms with Crippen LogP contribution in [0, 0.1) is 6.92 Å². The first-order chi connectivity index (χ1) is 4.61. The molecule has 0 saturated carbocycles. The summed E-state index contributed by atoms with van der Waals surface area (Å²) in [5.41, 5.74) is 4.95. The molecule has 3 N–H and O–H groups in total. The lowest BCUT2D eigenvalue weighted by Crippen LogP contribution is -1.98. The summed E-state index contributed by atoms with van der Waals surface area (Å²) in [5.74, 6) is -0.900. The molecule has 0 amide bonds. The number of nitrogens with zero attached hydrogens (tertiary/aromatic N) is 1. The molecule has 0 aliphatic rings. The van der Waals surface area contributed by atoms with E-state index in [0.717, 1.165) is 0 Å². The van der Waals surface area contributed by atoms with E-state index < -0.39 is 5.97 Å². The highest BCUT2D eigenvalue weighted by atomic mass is 16.4. The predicted molar refractivity (Wildman–Crippen MR) is 32.6 cm³/mol. The van der Waals surface area contributed by atoms with Gasteiger partial charge in [0.25, 0.3) is 6.01 Å². The average molecular weight is 142 g/mol. The molecule has 0 aromatic carbocycles. The van der Waals surface area contributed by atoms with Crippen molar-refractivity contribution in [1.82, 2.24) is 4.98 Å². The molecule has 10 heavy (non-hydrogen) atoms. The first-order valence-corrected chi connectivity index (χ1v) is 2.57. The number of nitrogens with two attached hydrogens (primary N) is 1. The summed E-state index contributed by atoms with van der Waals surface area (Å²) in [6, 6.07) is -0.116. The molecule has 0 saturated heterocycles. The quantitative estimate of drug-likeness (QED) is 0.587. The number of hydrogen-bond donors (Lipinski definition) is 2. The van der Waals surface area contributed by atoms with E-state index in [-0.39, 0.29) is 17.5 Å². The van der Waals surface area contributed by atoms with Crippen LogP contribution in [0.5, 0.6) is 0 Å². The van der Waals surface area contributed by atoms with Crippen LogP contribution in [0.2, 0.25) is 0 Å². The number of aromatic carboxylic acids is 1. The Kier molecular flexibility index (Phi) is 1.33. The van der Waals surface area contributed by atoms with Gasteiger partial charge in [0.05, 0.1) is 0 Å². The number of rotatable bonds is 1. The third kappa shape index (κ3) is 0.928. The van der Waals surface area contributed by atoms with Crippen molar-refractivity contribution in [3.8, 4) is 0 Å². The number of nitrogen functional groups attached to an aromatic ring is 1. The van der Waals surface area contributed by atoms with E-state index in [1.54, 1.807) is 0 Å². The molecule has 5 nitrogen and oxygen atoms in total. The smallest absolute Gasteiger partial charge is 0.358 e. The largest absolute Gasteiger partial charge is 0.476 e. The molecule has 1 heterocycles. The molecular formula is C5H6N2O3. The highest BCUT2D eigenvalue weighted by molar-refractivity contribution is 5.86. The number of hydrogen-bond acceptors (Lipinski definition) is 4. The molecule has 0 aliphatic heterocycles. The summed E-state index contributed by atoms with van der Waals surface area (Å²) >= 11 is 0. The monoisotopic (exact) mass is 142 g/mol. The second kappa shape index (κ2) is 2.02. The molecular weight excluding hydrogens is 136 g/mol. The standard InChI is InChI=1S/C5H6N2O3/c1-2-3(4(8)9)7-5(6)10-2/h1H3,(H2,6,7)(H,8,9). The molecule has 5 heteroatoms. The SMILES string of the molecule is Cc1oc(N)nc1C(=O)O. The van der Waals surface area contributed by atoms with Crippen molar-refractivity contribution in [1.29, 1.82) is 0 Å². The molecule has 1 rings (SSSR count). The first-order valence-electron chi connectivity index (χ1n) is 2.57. The Hall–Kier alpha value is -1.52. The molecule has 1 aromatic heterocycles. The minimum atomic E-state index is -1.13. The second-order valence-electron chi connectivity index (χ2n) is 1.76. The summed E-state index contributed by atoms with van der Waals surface area (Å²) in [5, 5.41) is 8.40. The molecule has 1 aromatic rings. The van der Waals surface area contributed by atoms with E-state index in [1.165, 1.54) is 6.92 Å². The zero-order chi connectivity index (χ0) is 7.72. The van der Waals surface area contributed by atoms with E-state index in [0.29, 0.717) is 0 Å². The lowest BCUT2D eigenvalue weighted by molar-refractivity contribution is 0.0689. The summed E-state index contributed by atoms with van der Waals surface area (Å²) in [7, 11) is 0. The summed E-state index contributed by atoms with van der Waals surface area (Å²) < 4.78 is 4.66. The molecule has 0 radical (unpaired) electrons. The van der Waals surface area contributed by atoms with Gasteiger partial charge in [-0.3, -0.25) is 0 Å². The number of aryl methyl sites for hydroxylation is 1. The fraction of sp³-hybridized carbons (Fsp3) is 0.200. The Bertz CT molecular complexity index is 266. The van der Waals surface area contributed by atoms with Gasteiger partial charge in [-0.25, -0.2) is 4.79 Å². The summed E-state index contributed by atoms with van der Waals surface area (Å²) in [4.78, 5) is 13.7. The first kappa shape index (κ1) is 6.60. The fourth-order valence-electron chi connectivity index (χ4n) is 0.615. The van der Waals surface area contributed by atoms with Crippen molar-refractivity contribution >= 4 is 12.0 Å². The molecule has 0 aliphatic carbocycles. The van der Waals surface area contributed by atoms with Gasteiger partial charge in [0.15, 0.2) is 5.69 Å². The molecule has 0 atom stereocenters. The van der Waals surface area contributed by atoms with Crippen LogP contribution in [-0.2, 0) is 0 Å². The molecule has 0 fully saturated rings. The summed E-state index contributed by atoms with van der Waals surface area (Å²) in [6.45, 7) is 1.49. The molecule has 0 bridgehead atoms. The fourth-order valence-corrected chi connectivity index (χ4v) is 0.615. The Morgan fingerprint density at radius 3 is 2.60 bits per heavy atom. The maximum Gasteiger partial charge on any atom is 0.358 e. The number of carboxylic acids is 1. The topological polar surface area (TPSA) is 89.4 Å². The lowest BCUT2D eigenvalue weighted by atomic mass is 10.4. The van der Waals surface area contributed by atoms with Crippen LogP contribution in [0.3, 0.4) is 0 Å². The van der Waals surface area contributed by atoms with E-state index in [2.05, 4.69) is 9.40 Å². The maximum absolute atomic E-state index is 10.3. The van der Waals surface area contributed by atoms with E-state index >= 15 is 0 Å². The van der Waals surface area contributed by atoms with Crippen molar-refractivity contribution in [2.45, 2.75) is 6.92 Å². The van der Waals surface area contributed by atoms with Crippen molar-refractivity contribution in [2.24, 2.45) is 0 Å². The van der Waals surface area contributed by atoms with Crippen LogP contribution in [0.25, 0.3) is 0 Å². The van der Waals surface area contributed by atoms with Gasteiger partial charge >= 0.3 is 5.97 Å². The number of aromatic nitrogens is 1. The number of carboxylic acid groups (broad SMARTS) is 1. The molecule has 54 valence electrons. The third-order valence-corrected chi connectivity index (χ3v) is 1.02. The van der Waals surface area contributed by atoms with Gasteiger partial charge in [0.1, 0.15) is 5.76 Å². The molecule has 0 spiro atoms. The van der Waals surface area contributed by atoms with Crippen molar-refractivity contribution in [3.63, 3.8) is 0 Å². The predicted octanol–water partition coefficient (Wildman–Crippen LogP) is 0.263.